The first-order valence-electron chi connectivity index (χ1n) is 8.61. The Labute approximate surface area is 151 Å². The first-order chi connectivity index (χ1) is 11.3. The van der Waals surface area contributed by atoms with Crippen LogP contribution >= 0.6 is 15.9 Å². The van der Waals surface area contributed by atoms with Gasteiger partial charge in [0, 0.05) is 23.8 Å². The Morgan fingerprint density at radius 3 is 2.58 bits per heavy atom. The molecule has 6 heteroatoms. The summed E-state index contributed by atoms with van der Waals surface area (Å²) in [5.41, 5.74) is 3.05. The molecule has 3 unspecified atom stereocenters. The molecular weight excluding hydrogens is 372 g/mol. The molecule has 2 aliphatic rings. The summed E-state index contributed by atoms with van der Waals surface area (Å²) < 4.78 is 6.09. The summed E-state index contributed by atoms with van der Waals surface area (Å²) in [6, 6.07) is 0.486. The van der Waals surface area contributed by atoms with Crippen molar-refractivity contribution in [3.05, 3.63) is 21.4 Å². The number of aromatic nitrogens is 1. The molecule has 3 rings (SSSR count). The standard InChI is InChI=1S/C18H25BrN2O3/c1-9(2)24-18(23)17(22)14-10(3)20-11(4)15(19)16(14)21-8-12-5-6-13(21)7-12/h9,12-13,17,22H,5-8H2,1-4H3. The first-order valence-corrected chi connectivity index (χ1v) is 9.40. The predicted molar refractivity (Wildman–Crippen MR) is 96.1 cm³/mol. The van der Waals surface area contributed by atoms with Gasteiger partial charge in [0.2, 0.25) is 0 Å². The van der Waals surface area contributed by atoms with Gasteiger partial charge in [-0.2, -0.15) is 0 Å². The third-order valence-electron chi connectivity index (χ3n) is 5.05. The molecule has 0 amide bonds. The zero-order chi connectivity index (χ0) is 17.6. The van der Waals surface area contributed by atoms with Crippen LogP contribution in [0.5, 0.6) is 0 Å². The SMILES string of the molecule is Cc1nc(C)c(C(O)C(=O)OC(C)C)c(N2CC3CCC2C3)c1Br. The molecule has 2 heterocycles. The Morgan fingerprint density at radius 1 is 1.33 bits per heavy atom. The molecule has 1 N–H and O–H groups in total. The monoisotopic (exact) mass is 396 g/mol. The van der Waals surface area contributed by atoms with Crippen LogP contribution in [0.4, 0.5) is 5.69 Å². The molecule has 3 atom stereocenters. The molecule has 1 aromatic heterocycles. The Kier molecular flexibility index (Phi) is 4.89. The maximum Gasteiger partial charge on any atom is 0.340 e. The predicted octanol–water partition coefficient (Wildman–Crippen LogP) is 3.43. The average molecular weight is 397 g/mol. The van der Waals surface area contributed by atoms with E-state index in [1.54, 1.807) is 13.8 Å². The Balaban J connectivity index is 2.05. The Morgan fingerprint density at radius 2 is 2.04 bits per heavy atom. The highest BCUT2D eigenvalue weighted by atomic mass is 79.9. The van der Waals surface area contributed by atoms with Crippen molar-refractivity contribution in [3.63, 3.8) is 0 Å². The number of aliphatic hydroxyl groups excluding tert-OH is 1. The molecule has 0 spiro atoms. The van der Waals surface area contributed by atoms with Crippen LogP contribution in [0.1, 0.15) is 56.2 Å². The molecule has 2 bridgehead atoms. The van der Waals surface area contributed by atoms with Crippen LogP contribution in [0, 0.1) is 19.8 Å². The lowest BCUT2D eigenvalue weighted by Crippen LogP contribution is -2.34. The van der Waals surface area contributed by atoms with Crippen molar-refractivity contribution in [2.75, 3.05) is 11.4 Å². The highest BCUT2D eigenvalue weighted by molar-refractivity contribution is 9.10. The number of pyridine rings is 1. The highest BCUT2D eigenvalue weighted by Crippen LogP contribution is 2.46. The largest absolute Gasteiger partial charge is 0.461 e. The fourth-order valence-corrected chi connectivity index (χ4v) is 4.57. The van der Waals surface area contributed by atoms with Crippen LogP contribution in [-0.2, 0) is 9.53 Å². The maximum atomic E-state index is 12.3. The van der Waals surface area contributed by atoms with Crippen LogP contribution in [0.2, 0.25) is 0 Å². The van der Waals surface area contributed by atoms with Gasteiger partial charge in [-0.1, -0.05) is 0 Å². The van der Waals surface area contributed by atoms with Gasteiger partial charge < -0.3 is 14.7 Å². The fourth-order valence-electron chi connectivity index (χ4n) is 4.04. The third-order valence-corrected chi connectivity index (χ3v) is 6.00. The van der Waals surface area contributed by atoms with E-state index in [-0.39, 0.29) is 6.10 Å². The zero-order valence-electron chi connectivity index (χ0n) is 14.7. The van der Waals surface area contributed by atoms with E-state index in [0.717, 1.165) is 22.4 Å². The zero-order valence-corrected chi connectivity index (χ0v) is 16.3. The van der Waals surface area contributed by atoms with Crippen molar-refractivity contribution in [2.45, 2.75) is 65.2 Å². The lowest BCUT2D eigenvalue weighted by Gasteiger charge is -2.33. The van der Waals surface area contributed by atoms with Crippen molar-refractivity contribution < 1.29 is 14.6 Å². The van der Waals surface area contributed by atoms with Gasteiger partial charge in [0.25, 0.3) is 0 Å². The van der Waals surface area contributed by atoms with Crippen molar-refractivity contribution in [1.82, 2.24) is 4.98 Å². The third kappa shape index (κ3) is 3.06. The van der Waals surface area contributed by atoms with Gasteiger partial charge in [0.05, 0.1) is 22.0 Å². The van der Waals surface area contributed by atoms with Crippen molar-refractivity contribution in [1.29, 1.82) is 0 Å². The number of aryl methyl sites for hydroxylation is 2. The number of nitrogens with zero attached hydrogens (tertiary/aromatic N) is 2. The molecule has 24 heavy (non-hydrogen) atoms. The lowest BCUT2D eigenvalue weighted by molar-refractivity contribution is -0.157. The average Bonchev–Trinajstić information content (AvgIpc) is 3.12. The second kappa shape index (κ2) is 6.64. The summed E-state index contributed by atoms with van der Waals surface area (Å²) in [7, 11) is 0. The van der Waals surface area contributed by atoms with E-state index in [1.807, 2.05) is 13.8 Å². The van der Waals surface area contributed by atoms with Crippen LogP contribution in [0.25, 0.3) is 0 Å². The quantitative estimate of drug-likeness (QED) is 0.789. The maximum absolute atomic E-state index is 12.3. The van der Waals surface area contributed by atoms with Crippen LogP contribution in [0.3, 0.4) is 0 Å². The van der Waals surface area contributed by atoms with Crippen molar-refractivity contribution in [2.24, 2.45) is 5.92 Å². The van der Waals surface area contributed by atoms with E-state index in [1.165, 1.54) is 19.3 Å². The van der Waals surface area contributed by atoms with E-state index in [4.69, 9.17) is 4.74 Å². The Bertz CT molecular complexity index is 662. The van der Waals surface area contributed by atoms with Gasteiger partial charge in [-0.05, 0) is 68.8 Å². The molecule has 5 nitrogen and oxygen atoms in total. The number of aliphatic hydroxyl groups is 1. The van der Waals surface area contributed by atoms with E-state index in [2.05, 4.69) is 25.8 Å². The van der Waals surface area contributed by atoms with Crippen molar-refractivity contribution >= 4 is 27.6 Å². The fraction of sp³-hybridized carbons (Fsp3) is 0.667. The molecule has 0 radical (unpaired) electrons. The van der Waals surface area contributed by atoms with Gasteiger partial charge in [-0.3, -0.25) is 4.98 Å². The number of carbonyl (C=O) groups is 1. The minimum atomic E-state index is -1.31. The van der Waals surface area contributed by atoms with Crippen LogP contribution < -0.4 is 4.90 Å². The van der Waals surface area contributed by atoms with Crippen molar-refractivity contribution in [3.8, 4) is 0 Å². The molecule has 2 fully saturated rings. The van der Waals surface area contributed by atoms with E-state index >= 15 is 0 Å². The van der Waals surface area contributed by atoms with Gasteiger partial charge in [-0.25, -0.2) is 4.79 Å². The minimum absolute atomic E-state index is 0.263. The second-order valence-corrected chi connectivity index (χ2v) is 8.03. The highest BCUT2D eigenvalue weighted by Gasteiger charge is 2.41. The van der Waals surface area contributed by atoms with Crippen LogP contribution in [0.15, 0.2) is 4.47 Å². The Hall–Kier alpha value is -1.14. The number of halogens is 1. The summed E-state index contributed by atoms with van der Waals surface area (Å²) in [4.78, 5) is 19.2. The van der Waals surface area contributed by atoms with Crippen LogP contribution in [-0.4, -0.2) is 34.8 Å². The second-order valence-electron chi connectivity index (χ2n) is 7.23. The van der Waals surface area contributed by atoms with Gasteiger partial charge in [0.1, 0.15) is 0 Å². The number of esters is 1. The number of hydrogen-bond donors (Lipinski definition) is 1. The number of piperidine rings is 1. The molecule has 1 aromatic rings. The van der Waals surface area contributed by atoms with E-state index in [9.17, 15) is 9.90 Å². The molecule has 1 aliphatic heterocycles. The number of rotatable bonds is 4. The number of fused-ring (bicyclic) bond motifs is 2. The molecule has 132 valence electrons. The molecule has 0 aromatic carbocycles. The number of hydrogen-bond acceptors (Lipinski definition) is 5. The summed E-state index contributed by atoms with van der Waals surface area (Å²) in [5, 5.41) is 10.7. The number of anilines is 1. The summed E-state index contributed by atoms with van der Waals surface area (Å²) in [5.74, 6) is 0.0968. The lowest BCUT2D eigenvalue weighted by atomic mass is 10.0. The summed E-state index contributed by atoms with van der Waals surface area (Å²) in [6.45, 7) is 8.32. The number of ether oxygens (including phenoxy) is 1. The topological polar surface area (TPSA) is 62.7 Å². The summed E-state index contributed by atoms with van der Waals surface area (Å²) >= 11 is 3.65. The molecular formula is C18H25BrN2O3. The molecule has 1 aliphatic carbocycles. The van der Waals surface area contributed by atoms with E-state index < -0.39 is 12.1 Å². The van der Waals surface area contributed by atoms with Gasteiger partial charge in [0.15, 0.2) is 6.10 Å². The minimum Gasteiger partial charge on any atom is -0.461 e. The molecule has 1 saturated heterocycles. The molecule has 1 saturated carbocycles. The summed E-state index contributed by atoms with van der Waals surface area (Å²) in [6.07, 6.45) is 2.06. The normalized spacial score (nSPS) is 23.9. The van der Waals surface area contributed by atoms with Gasteiger partial charge >= 0.3 is 5.97 Å². The van der Waals surface area contributed by atoms with Gasteiger partial charge in [-0.15, -0.1) is 0 Å². The first kappa shape index (κ1) is 17.7. The van der Waals surface area contributed by atoms with E-state index in [0.29, 0.717) is 23.2 Å². The smallest absolute Gasteiger partial charge is 0.340 e. The number of carbonyl (C=O) groups excluding carboxylic acids is 1.